The lowest BCUT2D eigenvalue weighted by atomic mass is 10.1. The van der Waals surface area contributed by atoms with Crippen molar-refractivity contribution < 1.29 is 14.3 Å². The second-order valence-corrected chi connectivity index (χ2v) is 6.61. The molecule has 1 amide bonds. The van der Waals surface area contributed by atoms with Crippen LogP contribution in [-0.2, 0) is 22.5 Å². The number of ether oxygens (including phenoxy) is 1. The van der Waals surface area contributed by atoms with E-state index in [2.05, 4.69) is 10.3 Å². The van der Waals surface area contributed by atoms with Crippen molar-refractivity contribution in [1.29, 1.82) is 0 Å². The SMILES string of the molecule is CCc1cc(=O)n(CC(=O)Nc2ccc(C(C)=O)cc2)c(N2CCOCC2)n1. The molecule has 0 radical (unpaired) electrons. The molecule has 2 heterocycles. The molecule has 1 aliphatic heterocycles. The minimum atomic E-state index is -0.335. The predicted octanol–water partition coefficient (Wildman–Crippen LogP) is 1.48. The maximum atomic E-state index is 12.6. The summed E-state index contributed by atoms with van der Waals surface area (Å²) in [7, 11) is 0. The fourth-order valence-corrected chi connectivity index (χ4v) is 3.01. The number of hydrogen-bond donors (Lipinski definition) is 1. The topological polar surface area (TPSA) is 93.5 Å². The highest BCUT2D eigenvalue weighted by atomic mass is 16.5. The highest BCUT2D eigenvalue weighted by Crippen LogP contribution is 2.14. The maximum Gasteiger partial charge on any atom is 0.255 e. The Morgan fingerprint density at radius 1 is 1.18 bits per heavy atom. The average Bonchev–Trinajstić information content (AvgIpc) is 2.70. The zero-order chi connectivity index (χ0) is 20.1. The monoisotopic (exact) mass is 384 g/mol. The standard InChI is InChI=1S/C20H24N4O4/c1-3-16-12-19(27)24(20(22-16)23-8-10-28-11-9-23)13-18(26)21-17-6-4-15(5-7-17)14(2)25/h4-7,12H,3,8-11,13H2,1-2H3,(H,21,26). The number of Topliss-reactive ketones (excluding diaryl/α,β-unsaturated/α-hetero) is 1. The molecule has 0 bridgehead atoms. The summed E-state index contributed by atoms with van der Waals surface area (Å²) in [5.41, 5.74) is 1.58. The summed E-state index contributed by atoms with van der Waals surface area (Å²) in [5, 5.41) is 2.76. The molecule has 3 rings (SSSR count). The number of aryl methyl sites for hydroxylation is 1. The summed E-state index contributed by atoms with van der Waals surface area (Å²) in [5.74, 6) is 0.120. The summed E-state index contributed by atoms with van der Waals surface area (Å²) >= 11 is 0. The molecular formula is C20H24N4O4. The van der Waals surface area contributed by atoms with Gasteiger partial charge in [0.05, 0.1) is 13.2 Å². The van der Waals surface area contributed by atoms with Crippen molar-refractivity contribution in [3.63, 3.8) is 0 Å². The van der Waals surface area contributed by atoms with Gasteiger partial charge in [0.1, 0.15) is 6.54 Å². The molecule has 1 saturated heterocycles. The van der Waals surface area contributed by atoms with Gasteiger partial charge in [0.25, 0.3) is 5.56 Å². The lowest BCUT2D eigenvalue weighted by molar-refractivity contribution is -0.116. The Hall–Kier alpha value is -3.00. The van der Waals surface area contributed by atoms with Gasteiger partial charge >= 0.3 is 0 Å². The van der Waals surface area contributed by atoms with Gasteiger partial charge in [-0.25, -0.2) is 4.98 Å². The van der Waals surface area contributed by atoms with E-state index in [1.165, 1.54) is 17.6 Å². The Morgan fingerprint density at radius 2 is 1.86 bits per heavy atom. The lowest BCUT2D eigenvalue weighted by Gasteiger charge is -2.29. The van der Waals surface area contributed by atoms with Crippen molar-refractivity contribution in [3.8, 4) is 0 Å². The molecule has 1 aromatic carbocycles. The Bertz CT molecular complexity index is 915. The van der Waals surface area contributed by atoms with Crippen LogP contribution < -0.4 is 15.8 Å². The number of hydrogen-bond acceptors (Lipinski definition) is 6. The minimum absolute atomic E-state index is 0.0401. The third-order valence-electron chi connectivity index (χ3n) is 4.57. The number of rotatable bonds is 6. The zero-order valence-electron chi connectivity index (χ0n) is 16.1. The van der Waals surface area contributed by atoms with Crippen LogP contribution in [0.3, 0.4) is 0 Å². The minimum Gasteiger partial charge on any atom is -0.378 e. The molecule has 1 N–H and O–H groups in total. The number of morpholine rings is 1. The molecular weight excluding hydrogens is 360 g/mol. The second-order valence-electron chi connectivity index (χ2n) is 6.61. The first-order valence-electron chi connectivity index (χ1n) is 9.32. The first kappa shape index (κ1) is 19.8. The molecule has 0 aliphatic carbocycles. The lowest BCUT2D eigenvalue weighted by Crippen LogP contribution is -2.42. The van der Waals surface area contributed by atoms with Gasteiger partial charge in [-0.05, 0) is 37.6 Å². The Labute approximate surface area is 163 Å². The van der Waals surface area contributed by atoms with E-state index in [4.69, 9.17) is 4.74 Å². The molecule has 2 aromatic rings. The molecule has 0 atom stereocenters. The summed E-state index contributed by atoms with van der Waals surface area (Å²) in [4.78, 5) is 43.1. The van der Waals surface area contributed by atoms with Gasteiger partial charge in [0.2, 0.25) is 11.9 Å². The van der Waals surface area contributed by atoms with Gasteiger partial charge in [-0.3, -0.25) is 19.0 Å². The number of nitrogens with zero attached hydrogens (tertiary/aromatic N) is 3. The van der Waals surface area contributed by atoms with Crippen LogP contribution in [0.5, 0.6) is 0 Å². The van der Waals surface area contributed by atoms with Gasteiger partial charge in [0, 0.05) is 36.1 Å². The van der Waals surface area contributed by atoms with Crippen LogP contribution in [-0.4, -0.2) is 47.5 Å². The molecule has 0 unspecified atom stereocenters. The van der Waals surface area contributed by atoms with E-state index < -0.39 is 0 Å². The number of amides is 1. The van der Waals surface area contributed by atoms with Gasteiger partial charge < -0.3 is 15.0 Å². The van der Waals surface area contributed by atoms with E-state index in [0.29, 0.717) is 55.6 Å². The van der Waals surface area contributed by atoms with Crippen molar-refractivity contribution in [2.75, 3.05) is 36.5 Å². The van der Waals surface area contributed by atoms with Crippen LogP contribution in [0, 0.1) is 0 Å². The van der Waals surface area contributed by atoms with E-state index in [1.54, 1.807) is 24.3 Å². The van der Waals surface area contributed by atoms with Crippen LogP contribution in [0.2, 0.25) is 0 Å². The fourth-order valence-electron chi connectivity index (χ4n) is 3.01. The Kier molecular flexibility index (Phi) is 6.20. The van der Waals surface area contributed by atoms with Crippen LogP contribution in [0.1, 0.15) is 29.9 Å². The maximum absolute atomic E-state index is 12.6. The first-order valence-corrected chi connectivity index (χ1v) is 9.32. The van der Waals surface area contributed by atoms with Crippen molar-refractivity contribution in [1.82, 2.24) is 9.55 Å². The predicted molar refractivity (Wildman–Crippen MR) is 106 cm³/mol. The van der Waals surface area contributed by atoms with Crippen molar-refractivity contribution in [2.45, 2.75) is 26.8 Å². The molecule has 8 heteroatoms. The van der Waals surface area contributed by atoms with Crippen LogP contribution in [0.25, 0.3) is 0 Å². The Balaban J connectivity index is 1.81. The number of benzene rings is 1. The van der Waals surface area contributed by atoms with Gasteiger partial charge in [-0.15, -0.1) is 0 Å². The second kappa shape index (κ2) is 8.79. The van der Waals surface area contributed by atoms with E-state index in [1.807, 2.05) is 11.8 Å². The average molecular weight is 384 g/mol. The molecule has 1 aromatic heterocycles. The third kappa shape index (κ3) is 4.64. The molecule has 148 valence electrons. The smallest absolute Gasteiger partial charge is 0.255 e. The summed E-state index contributed by atoms with van der Waals surface area (Å²) < 4.78 is 6.77. The van der Waals surface area contributed by atoms with Crippen LogP contribution in [0.4, 0.5) is 11.6 Å². The highest BCUT2D eigenvalue weighted by molar-refractivity contribution is 5.95. The molecule has 1 aliphatic rings. The number of aromatic nitrogens is 2. The summed E-state index contributed by atoms with van der Waals surface area (Å²) in [6.07, 6.45) is 0.641. The van der Waals surface area contributed by atoms with Crippen molar-refractivity contribution in [2.24, 2.45) is 0 Å². The van der Waals surface area contributed by atoms with E-state index in [9.17, 15) is 14.4 Å². The van der Waals surface area contributed by atoms with E-state index in [0.717, 1.165) is 0 Å². The quantitative estimate of drug-likeness (QED) is 0.759. The largest absolute Gasteiger partial charge is 0.378 e. The Morgan fingerprint density at radius 3 is 2.46 bits per heavy atom. The molecule has 1 fully saturated rings. The number of carbonyl (C=O) groups excluding carboxylic acids is 2. The van der Waals surface area contributed by atoms with Crippen LogP contribution >= 0.6 is 0 Å². The zero-order valence-corrected chi connectivity index (χ0v) is 16.1. The fraction of sp³-hybridized carbons (Fsp3) is 0.400. The third-order valence-corrected chi connectivity index (χ3v) is 4.57. The van der Waals surface area contributed by atoms with Gasteiger partial charge in [-0.1, -0.05) is 6.92 Å². The van der Waals surface area contributed by atoms with Crippen molar-refractivity contribution in [3.05, 3.63) is 51.9 Å². The number of carbonyl (C=O) groups is 2. The molecule has 28 heavy (non-hydrogen) atoms. The number of ketones is 1. The highest BCUT2D eigenvalue weighted by Gasteiger charge is 2.20. The van der Waals surface area contributed by atoms with E-state index in [-0.39, 0.29) is 23.8 Å². The normalized spacial score (nSPS) is 14.0. The van der Waals surface area contributed by atoms with Crippen molar-refractivity contribution >= 4 is 23.3 Å². The number of anilines is 2. The van der Waals surface area contributed by atoms with Gasteiger partial charge in [0.15, 0.2) is 5.78 Å². The summed E-state index contributed by atoms with van der Waals surface area (Å²) in [6, 6.07) is 8.11. The van der Waals surface area contributed by atoms with Gasteiger partial charge in [-0.2, -0.15) is 0 Å². The van der Waals surface area contributed by atoms with Crippen LogP contribution in [0.15, 0.2) is 35.1 Å². The van der Waals surface area contributed by atoms with E-state index >= 15 is 0 Å². The number of nitrogens with one attached hydrogen (secondary N) is 1. The first-order chi connectivity index (χ1) is 13.5. The molecule has 0 spiro atoms. The summed E-state index contributed by atoms with van der Waals surface area (Å²) in [6.45, 7) is 5.63. The molecule has 0 saturated carbocycles. The molecule has 8 nitrogen and oxygen atoms in total.